The Bertz CT molecular complexity index is 545. The molecule has 0 aliphatic heterocycles. The molecule has 0 aliphatic rings. The molecule has 94 valence electrons. The molecule has 0 saturated heterocycles. The molecule has 7 heteroatoms. The lowest BCUT2D eigenvalue weighted by atomic mass is 10.2. The van der Waals surface area contributed by atoms with Gasteiger partial charge in [-0.25, -0.2) is 0 Å². The van der Waals surface area contributed by atoms with E-state index in [0.29, 0.717) is 10.9 Å². The van der Waals surface area contributed by atoms with Crippen molar-refractivity contribution in [3.05, 3.63) is 33.7 Å². The largest absolute Gasteiger partial charge is 0.484 e. The van der Waals surface area contributed by atoms with Crippen LogP contribution in [0.25, 0.3) is 0 Å². The number of benzene rings is 1. The maximum absolute atomic E-state index is 11.5. The lowest BCUT2D eigenvalue weighted by Gasteiger charge is -2.07. The molecule has 1 N–H and O–H groups in total. The summed E-state index contributed by atoms with van der Waals surface area (Å²) in [4.78, 5) is 11.5. The highest BCUT2D eigenvalue weighted by Gasteiger charge is 2.06. The molecule has 0 fully saturated rings. The predicted octanol–water partition coefficient (Wildman–Crippen LogP) is 2.63. The van der Waals surface area contributed by atoms with Crippen LogP contribution >= 0.6 is 27.3 Å². The number of anilines is 1. The van der Waals surface area contributed by atoms with Crippen molar-refractivity contribution in [2.75, 3.05) is 11.9 Å². The van der Waals surface area contributed by atoms with Gasteiger partial charge in [-0.15, -0.1) is 10.2 Å². The van der Waals surface area contributed by atoms with Crippen molar-refractivity contribution in [2.24, 2.45) is 0 Å². The molecule has 2 aromatic rings. The van der Waals surface area contributed by atoms with Crippen LogP contribution < -0.4 is 10.1 Å². The summed E-state index contributed by atoms with van der Waals surface area (Å²) in [5.74, 6) is 0.399. The van der Waals surface area contributed by atoms with Crippen LogP contribution in [0.15, 0.2) is 28.2 Å². The minimum atomic E-state index is -0.257. The molecule has 2 rings (SSSR count). The maximum Gasteiger partial charge on any atom is 0.264 e. The van der Waals surface area contributed by atoms with E-state index in [-0.39, 0.29) is 12.5 Å². The first kappa shape index (κ1) is 13.0. The number of hydrogen-bond acceptors (Lipinski definition) is 5. The number of aromatic nitrogens is 2. The fourth-order valence-electron chi connectivity index (χ4n) is 1.24. The number of aryl methyl sites for hydroxylation is 1. The van der Waals surface area contributed by atoms with Crippen molar-refractivity contribution in [1.29, 1.82) is 0 Å². The Labute approximate surface area is 116 Å². The Hall–Kier alpha value is -1.47. The van der Waals surface area contributed by atoms with Gasteiger partial charge in [-0.1, -0.05) is 27.3 Å². The first-order chi connectivity index (χ1) is 8.65. The number of carbonyl (C=O) groups is 1. The number of rotatable bonds is 4. The molecule has 0 saturated carbocycles. The fourth-order valence-corrected chi connectivity index (χ4v) is 1.95. The fraction of sp³-hybridized carbons (Fsp3) is 0.182. The van der Waals surface area contributed by atoms with Crippen LogP contribution in [-0.4, -0.2) is 22.7 Å². The van der Waals surface area contributed by atoms with E-state index in [1.54, 1.807) is 11.6 Å². The Morgan fingerprint density at radius 1 is 1.56 bits per heavy atom. The van der Waals surface area contributed by atoms with Crippen LogP contribution in [0.3, 0.4) is 0 Å². The molecule has 0 aliphatic carbocycles. The SMILES string of the molecule is Cc1cc(OCC(=O)Nc2nncs2)ccc1Br. The highest BCUT2D eigenvalue weighted by Crippen LogP contribution is 2.21. The summed E-state index contributed by atoms with van der Waals surface area (Å²) < 4.78 is 6.38. The second-order valence-corrected chi connectivity index (χ2v) is 5.18. The van der Waals surface area contributed by atoms with Gasteiger partial charge < -0.3 is 4.74 Å². The summed E-state index contributed by atoms with van der Waals surface area (Å²) >= 11 is 4.66. The molecule has 0 unspecified atom stereocenters. The van der Waals surface area contributed by atoms with Gasteiger partial charge in [0, 0.05) is 4.47 Å². The number of carbonyl (C=O) groups excluding carboxylic acids is 1. The van der Waals surface area contributed by atoms with Crippen molar-refractivity contribution < 1.29 is 9.53 Å². The molecule has 1 aromatic heterocycles. The third-order valence-corrected chi connectivity index (χ3v) is 3.60. The number of hydrogen-bond donors (Lipinski definition) is 1. The van der Waals surface area contributed by atoms with Crippen molar-refractivity contribution in [3.63, 3.8) is 0 Å². The number of ether oxygens (including phenoxy) is 1. The van der Waals surface area contributed by atoms with E-state index in [9.17, 15) is 4.79 Å². The van der Waals surface area contributed by atoms with Crippen LogP contribution in [0.2, 0.25) is 0 Å². The van der Waals surface area contributed by atoms with Gasteiger partial charge in [0.05, 0.1) is 0 Å². The van der Waals surface area contributed by atoms with Gasteiger partial charge in [0.25, 0.3) is 5.91 Å². The number of nitrogens with one attached hydrogen (secondary N) is 1. The quantitative estimate of drug-likeness (QED) is 0.937. The van der Waals surface area contributed by atoms with E-state index >= 15 is 0 Å². The van der Waals surface area contributed by atoms with Crippen LogP contribution in [0.4, 0.5) is 5.13 Å². The Kier molecular flexibility index (Phi) is 4.27. The summed E-state index contributed by atoms with van der Waals surface area (Å²) in [5.41, 5.74) is 2.60. The van der Waals surface area contributed by atoms with Crippen LogP contribution in [0, 0.1) is 6.92 Å². The van der Waals surface area contributed by atoms with Gasteiger partial charge in [0.1, 0.15) is 11.3 Å². The van der Waals surface area contributed by atoms with Crippen molar-refractivity contribution in [2.45, 2.75) is 6.92 Å². The Balaban J connectivity index is 1.87. The summed E-state index contributed by atoms with van der Waals surface area (Å²) in [7, 11) is 0. The Morgan fingerprint density at radius 3 is 3.06 bits per heavy atom. The maximum atomic E-state index is 11.5. The smallest absolute Gasteiger partial charge is 0.264 e. The molecule has 0 spiro atoms. The predicted molar refractivity (Wildman–Crippen MR) is 72.9 cm³/mol. The zero-order valence-corrected chi connectivity index (χ0v) is 11.9. The normalized spacial score (nSPS) is 10.1. The second-order valence-electron chi connectivity index (χ2n) is 3.49. The monoisotopic (exact) mass is 327 g/mol. The average molecular weight is 328 g/mol. The van der Waals surface area contributed by atoms with Gasteiger partial charge in [0.2, 0.25) is 5.13 Å². The summed E-state index contributed by atoms with van der Waals surface area (Å²) in [5, 5.41) is 10.4. The molecule has 0 radical (unpaired) electrons. The molecule has 5 nitrogen and oxygen atoms in total. The van der Waals surface area contributed by atoms with Crippen LogP contribution in [0.5, 0.6) is 5.75 Å². The van der Waals surface area contributed by atoms with Crippen molar-refractivity contribution >= 4 is 38.3 Å². The molecule has 1 heterocycles. The van der Waals surface area contributed by atoms with E-state index < -0.39 is 0 Å². The van der Waals surface area contributed by atoms with E-state index in [4.69, 9.17) is 4.74 Å². The standard InChI is InChI=1S/C11H10BrN3O2S/c1-7-4-8(2-3-9(7)12)17-5-10(16)14-11-15-13-6-18-11/h2-4,6H,5H2,1H3,(H,14,15,16). The van der Waals surface area contributed by atoms with Crippen molar-refractivity contribution in [1.82, 2.24) is 10.2 Å². The van der Waals surface area contributed by atoms with Gasteiger partial charge in [-0.05, 0) is 30.7 Å². The van der Waals surface area contributed by atoms with Crippen molar-refractivity contribution in [3.8, 4) is 5.75 Å². The topological polar surface area (TPSA) is 64.1 Å². The van der Waals surface area contributed by atoms with Gasteiger partial charge in [0.15, 0.2) is 6.61 Å². The lowest BCUT2D eigenvalue weighted by Crippen LogP contribution is -2.20. The first-order valence-corrected chi connectivity index (χ1v) is 6.77. The van der Waals surface area contributed by atoms with E-state index in [1.807, 2.05) is 19.1 Å². The highest BCUT2D eigenvalue weighted by molar-refractivity contribution is 9.10. The summed E-state index contributed by atoms with van der Waals surface area (Å²) in [6.07, 6.45) is 0. The molecular weight excluding hydrogens is 318 g/mol. The number of halogens is 1. The zero-order chi connectivity index (χ0) is 13.0. The molecule has 18 heavy (non-hydrogen) atoms. The Morgan fingerprint density at radius 2 is 2.39 bits per heavy atom. The third kappa shape index (κ3) is 3.51. The molecular formula is C11H10BrN3O2S. The number of amides is 1. The second kappa shape index (κ2) is 5.92. The lowest BCUT2D eigenvalue weighted by molar-refractivity contribution is -0.118. The molecule has 1 amide bonds. The van der Waals surface area contributed by atoms with E-state index in [0.717, 1.165) is 10.0 Å². The number of nitrogens with zero attached hydrogens (tertiary/aromatic N) is 2. The average Bonchev–Trinajstić information content (AvgIpc) is 2.83. The van der Waals surface area contributed by atoms with Gasteiger partial charge in [-0.3, -0.25) is 10.1 Å². The minimum Gasteiger partial charge on any atom is -0.484 e. The van der Waals surface area contributed by atoms with E-state index in [1.165, 1.54) is 11.3 Å². The van der Waals surface area contributed by atoms with Crippen LogP contribution in [-0.2, 0) is 4.79 Å². The summed E-state index contributed by atoms with van der Waals surface area (Å²) in [6, 6.07) is 5.55. The molecule has 0 bridgehead atoms. The van der Waals surface area contributed by atoms with Gasteiger partial charge >= 0.3 is 0 Å². The molecule has 1 aromatic carbocycles. The van der Waals surface area contributed by atoms with Gasteiger partial charge in [-0.2, -0.15) is 0 Å². The van der Waals surface area contributed by atoms with Crippen LogP contribution in [0.1, 0.15) is 5.56 Å². The third-order valence-electron chi connectivity index (χ3n) is 2.11. The molecule has 0 atom stereocenters. The van der Waals surface area contributed by atoms with E-state index in [2.05, 4.69) is 31.4 Å². The minimum absolute atomic E-state index is 0.0549. The summed E-state index contributed by atoms with van der Waals surface area (Å²) in [6.45, 7) is 1.90. The highest BCUT2D eigenvalue weighted by atomic mass is 79.9. The first-order valence-electron chi connectivity index (χ1n) is 5.10. The zero-order valence-electron chi connectivity index (χ0n) is 9.51.